The fourth-order valence-electron chi connectivity index (χ4n) is 2.33. The van der Waals surface area contributed by atoms with Gasteiger partial charge in [0.2, 0.25) is 0 Å². The fourth-order valence-corrected chi connectivity index (χ4v) is 3.38. The summed E-state index contributed by atoms with van der Waals surface area (Å²) in [6.45, 7) is -0.430. The number of rotatable bonds is 8. The number of aromatic nitrogens is 4. The van der Waals surface area contributed by atoms with E-state index in [0.717, 1.165) is 0 Å². The highest BCUT2D eigenvalue weighted by Gasteiger charge is 2.17. The summed E-state index contributed by atoms with van der Waals surface area (Å²) in [4.78, 5) is 42.5. The van der Waals surface area contributed by atoms with Gasteiger partial charge in [0, 0.05) is 36.6 Å². The molecule has 3 aromatic rings. The molecule has 12 nitrogen and oxygen atoms in total. The molecule has 0 saturated carbocycles. The smallest absolute Gasteiger partial charge is 0.395 e. The lowest BCUT2D eigenvalue weighted by Crippen LogP contribution is -2.26. The SMILES string of the molecule is CN=CC(NC(=O)c1csc(-c2cnn(COP(=O)(O)O)c2)n1)=C(N)c1ccccn1. The Balaban J connectivity index is 1.75. The second-order valence-electron chi connectivity index (χ2n) is 5.94. The van der Waals surface area contributed by atoms with Gasteiger partial charge in [-0.1, -0.05) is 6.07 Å². The second kappa shape index (κ2) is 9.73. The van der Waals surface area contributed by atoms with Crippen molar-refractivity contribution in [1.82, 2.24) is 25.1 Å². The predicted octanol–water partition coefficient (Wildman–Crippen LogP) is 1.23. The van der Waals surface area contributed by atoms with Gasteiger partial charge in [-0.2, -0.15) is 5.10 Å². The Morgan fingerprint density at radius 1 is 1.42 bits per heavy atom. The van der Waals surface area contributed by atoms with Crippen molar-refractivity contribution in [2.45, 2.75) is 6.73 Å². The summed E-state index contributed by atoms with van der Waals surface area (Å²) in [5.74, 6) is -0.492. The van der Waals surface area contributed by atoms with Gasteiger partial charge >= 0.3 is 7.82 Å². The summed E-state index contributed by atoms with van der Waals surface area (Å²) in [7, 11) is -3.06. The normalized spacial score (nSPS) is 12.7. The molecule has 1 amide bonds. The highest BCUT2D eigenvalue weighted by molar-refractivity contribution is 7.46. The van der Waals surface area contributed by atoms with Gasteiger partial charge in [0.1, 0.15) is 10.7 Å². The number of thiazole rings is 1. The molecule has 0 bridgehead atoms. The number of phosphoric acid groups is 1. The van der Waals surface area contributed by atoms with Crippen molar-refractivity contribution in [3.8, 4) is 10.6 Å². The van der Waals surface area contributed by atoms with Gasteiger partial charge in [0.25, 0.3) is 5.91 Å². The molecule has 0 aliphatic heterocycles. The zero-order chi connectivity index (χ0) is 22.4. The number of hydrogen-bond donors (Lipinski definition) is 4. The van der Waals surface area contributed by atoms with E-state index in [9.17, 15) is 9.36 Å². The Bertz CT molecular complexity index is 1170. The Labute approximate surface area is 180 Å². The number of allylic oxidation sites excluding steroid dienone is 1. The number of nitrogens with two attached hydrogens (primary N) is 1. The number of carbonyl (C=O) groups is 1. The third kappa shape index (κ3) is 6.13. The van der Waals surface area contributed by atoms with Crippen LogP contribution in [0.2, 0.25) is 0 Å². The van der Waals surface area contributed by atoms with Crippen LogP contribution >= 0.6 is 19.2 Å². The topological polar surface area (TPSA) is 178 Å². The molecule has 3 heterocycles. The van der Waals surface area contributed by atoms with E-state index in [1.807, 2.05) is 0 Å². The van der Waals surface area contributed by atoms with E-state index in [-0.39, 0.29) is 17.1 Å². The Morgan fingerprint density at radius 3 is 2.90 bits per heavy atom. The van der Waals surface area contributed by atoms with Crippen LogP contribution in [0.4, 0.5) is 0 Å². The van der Waals surface area contributed by atoms with E-state index >= 15 is 0 Å². The minimum Gasteiger partial charge on any atom is -0.395 e. The minimum atomic E-state index is -4.61. The first-order valence-corrected chi connectivity index (χ1v) is 11.0. The monoisotopic (exact) mass is 463 g/mol. The number of amides is 1. The molecule has 5 N–H and O–H groups in total. The lowest BCUT2D eigenvalue weighted by Gasteiger charge is -2.08. The van der Waals surface area contributed by atoms with Crippen LogP contribution in [-0.4, -0.2) is 48.7 Å². The molecule has 0 aliphatic rings. The van der Waals surface area contributed by atoms with Crippen molar-refractivity contribution in [3.05, 3.63) is 59.3 Å². The van der Waals surface area contributed by atoms with Gasteiger partial charge in [-0.3, -0.25) is 19.3 Å². The molecule has 3 rings (SSSR count). The Hall–Kier alpha value is -3.22. The lowest BCUT2D eigenvalue weighted by atomic mass is 10.2. The van der Waals surface area contributed by atoms with Crippen molar-refractivity contribution in [2.24, 2.45) is 10.7 Å². The number of phosphoric ester groups is 1. The fraction of sp³-hybridized carbons (Fsp3) is 0.118. The minimum absolute atomic E-state index is 0.148. The zero-order valence-corrected chi connectivity index (χ0v) is 17.8. The molecule has 0 saturated heterocycles. The number of hydrogen-bond acceptors (Lipinski definition) is 9. The summed E-state index contributed by atoms with van der Waals surface area (Å²) in [5, 5.41) is 8.68. The number of nitrogens with zero attached hydrogens (tertiary/aromatic N) is 5. The average molecular weight is 463 g/mol. The van der Waals surface area contributed by atoms with E-state index in [1.165, 1.54) is 34.6 Å². The van der Waals surface area contributed by atoms with Gasteiger partial charge in [0.15, 0.2) is 6.73 Å². The standard InChI is InChI=1S/C17H18N7O5PS/c1-19-7-13(15(18)12-4-2-3-5-20-12)22-16(25)14-9-31-17(23-14)11-6-21-24(8-11)10-29-30(26,27)28/h2-9H,10,18H2,1H3,(H,22,25)(H2,26,27,28). The first-order chi connectivity index (χ1) is 14.8. The molecular formula is C17H18N7O5PS. The van der Waals surface area contributed by atoms with Crippen LogP contribution in [0, 0.1) is 0 Å². The summed E-state index contributed by atoms with van der Waals surface area (Å²) in [6.07, 6.45) is 5.94. The lowest BCUT2D eigenvalue weighted by molar-refractivity contribution is 0.0964. The summed E-state index contributed by atoms with van der Waals surface area (Å²) >= 11 is 1.20. The molecule has 0 atom stereocenters. The third-order valence-electron chi connectivity index (χ3n) is 3.71. The number of aliphatic imine (C=N–C) groups is 1. The maximum atomic E-state index is 12.7. The summed E-state index contributed by atoms with van der Waals surface area (Å²) in [5.41, 5.74) is 7.85. The van der Waals surface area contributed by atoms with Crippen LogP contribution in [0.25, 0.3) is 16.3 Å². The molecule has 0 aromatic carbocycles. The number of nitrogens with one attached hydrogen (secondary N) is 1. The summed E-state index contributed by atoms with van der Waals surface area (Å²) < 4.78 is 16.4. The van der Waals surface area contributed by atoms with Gasteiger partial charge in [-0.05, 0) is 12.1 Å². The maximum Gasteiger partial charge on any atom is 0.471 e. The quantitative estimate of drug-likeness (QED) is 0.282. The van der Waals surface area contributed by atoms with E-state index in [4.69, 9.17) is 15.5 Å². The van der Waals surface area contributed by atoms with Crippen LogP contribution in [0.1, 0.15) is 16.2 Å². The number of pyridine rings is 1. The van der Waals surface area contributed by atoms with Gasteiger partial charge in [-0.25, -0.2) is 14.2 Å². The van der Waals surface area contributed by atoms with Crippen LogP contribution in [0.15, 0.2) is 52.9 Å². The second-order valence-corrected chi connectivity index (χ2v) is 8.04. The van der Waals surface area contributed by atoms with Crippen LogP contribution in [0.3, 0.4) is 0 Å². The number of carbonyl (C=O) groups excluding carboxylic acids is 1. The van der Waals surface area contributed by atoms with Crippen molar-refractivity contribution in [3.63, 3.8) is 0 Å². The first kappa shape index (κ1) is 22.5. The van der Waals surface area contributed by atoms with E-state index in [2.05, 4.69) is 29.9 Å². The van der Waals surface area contributed by atoms with E-state index < -0.39 is 20.5 Å². The Morgan fingerprint density at radius 2 is 2.23 bits per heavy atom. The van der Waals surface area contributed by atoms with Crippen molar-refractivity contribution in [1.29, 1.82) is 0 Å². The molecule has 0 fully saturated rings. The van der Waals surface area contributed by atoms with Crippen LogP contribution < -0.4 is 11.1 Å². The largest absolute Gasteiger partial charge is 0.471 e. The highest BCUT2D eigenvalue weighted by Crippen LogP contribution is 2.36. The zero-order valence-electron chi connectivity index (χ0n) is 16.1. The van der Waals surface area contributed by atoms with E-state index in [0.29, 0.717) is 16.3 Å². The van der Waals surface area contributed by atoms with Crippen molar-refractivity contribution in [2.75, 3.05) is 7.05 Å². The van der Waals surface area contributed by atoms with Gasteiger partial charge < -0.3 is 20.8 Å². The molecule has 0 unspecified atom stereocenters. The van der Waals surface area contributed by atoms with Crippen LogP contribution in [-0.2, 0) is 15.8 Å². The van der Waals surface area contributed by atoms with Crippen molar-refractivity contribution >= 4 is 37.0 Å². The van der Waals surface area contributed by atoms with Gasteiger partial charge in [0.05, 0.1) is 23.3 Å². The molecule has 14 heteroatoms. The predicted molar refractivity (Wildman–Crippen MR) is 114 cm³/mol. The highest BCUT2D eigenvalue weighted by atomic mass is 32.1. The molecule has 162 valence electrons. The molecule has 0 spiro atoms. The molecule has 3 aromatic heterocycles. The van der Waals surface area contributed by atoms with E-state index in [1.54, 1.807) is 36.8 Å². The Kier molecular flexibility index (Phi) is 7.05. The molecular weight excluding hydrogens is 445 g/mol. The first-order valence-electron chi connectivity index (χ1n) is 8.60. The summed E-state index contributed by atoms with van der Waals surface area (Å²) in [6, 6.07) is 5.23. The maximum absolute atomic E-state index is 12.7. The van der Waals surface area contributed by atoms with Crippen molar-refractivity contribution < 1.29 is 23.7 Å². The molecule has 0 aliphatic carbocycles. The molecule has 0 radical (unpaired) electrons. The van der Waals surface area contributed by atoms with Crippen LogP contribution in [0.5, 0.6) is 0 Å². The molecule has 31 heavy (non-hydrogen) atoms. The van der Waals surface area contributed by atoms with Gasteiger partial charge in [-0.15, -0.1) is 11.3 Å². The average Bonchev–Trinajstić information content (AvgIpc) is 3.41. The third-order valence-corrected chi connectivity index (χ3v) is 5.06.